The number of nitrogens with zero attached hydrogens (tertiary/aromatic N) is 2. The summed E-state index contributed by atoms with van der Waals surface area (Å²) in [7, 11) is 0. The van der Waals surface area contributed by atoms with Crippen molar-refractivity contribution in [3.63, 3.8) is 0 Å². The lowest BCUT2D eigenvalue weighted by Gasteiger charge is -2.19. The second-order valence-corrected chi connectivity index (χ2v) is 8.38. The summed E-state index contributed by atoms with van der Waals surface area (Å²) in [5.41, 5.74) is 6.70. The molecule has 0 aliphatic rings. The Hall–Kier alpha value is -3.46. The minimum absolute atomic E-state index is 0.0611. The van der Waals surface area contributed by atoms with E-state index >= 15 is 0 Å². The summed E-state index contributed by atoms with van der Waals surface area (Å²) >= 11 is 0. The second-order valence-electron chi connectivity index (χ2n) is 8.38. The molecule has 0 fully saturated rings. The minimum Gasteiger partial charge on any atom is -0.437 e. The van der Waals surface area contributed by atoms with Gasteiger partial charge in [0.2, 0.25) is 5.71 Å². The Balaban J connectivity index is 1.70. The van der Waals surface area contributed by atoms with E-state index in [4.69, 9.17) is 9.40 Å². The first-order valence-corrected chi connectivity index (χ1v) is 9.85. The zero-order valence-electron chi connectivity index (χ0n) is 16.8. The van der Waals surface area contributed by atoms with Crippen molar-refractivity contribution < 1.29 is 4.42 Å². The number of fused-ring (bicyclic) bond motifs is 3. The topological polar surface area (TPSA) is 38.9 Å². The van der Waals surface area contributed by atoms with Crippen LogP contribution in [0, 0.1) is 0 Å². The molecular weight excluding hydrogens is 356 g/mol. The Labute approximate surface area is 170 Å². The number of pyridine rings is 2. The predicted octanol–water partition coefficient (Wildman–Crippen LogP) is 7.01. The van der Waals surface area contributed by atoms with Gasteiger partial charge < -0.3 is 4.42 Å². The molecule has 0 saturated carbocycles. The van der Waals surface area contributed by atoms with Crippen LogP contribution in [-0.2, 0) is 5.41 Å². The Bertz CT molecular complexity index is 1330. The first kappa shape index (κ1) is 17.6. The maximum Gasteiger partial charge on any atom is 0.227 e. The van der Waals surface area contributed by atoms with Crippen LogP contribution in [0.2, 0.25) is 0 Å². The Morgan fingerprint density at radius 3 is 2.38 bits per heavy atom. The summed E-state index contributed by atoms with van der Waals surface area (Å²) in [4.78, 5) is 9.42. The van der Waals surface area contributed by atoms with E-state index in [9.17, 15) is 0 Å². The lowest BCUT2D eigenvalue weighted by molar-refractivity contribution is 0.589. The van der Waals surface area contributed by atoms with Gasteiger partial charge in [-0.1, -0.05) is 63.2 Å². The normalized spacial score (nSPS) is 12.0. The van der Waals surface area contributed by atoms with Crippen molar-refractivity contribution in [3.8, 4) is 22.5 Å². The van der Waals surface area contributed by atoms with Crippen molar-refractivity contribution in [2.24, 2.45) is 0 Å². The molecule has 0 bridgehead atoms. The van der Waals surface area contributed by atoms with Gasteiger partial charge in [0.05, 0.1) is 11.4 Å². The molecular formula is C26H22N2O. The first-order valence-electron chi connectivity index (χ1n) is 9.85. The predicted molar refractivity (Wildman–Crippen MR) is 119 cm³/mol. The number of hydrogen-bond donors (Lipinski definition) is 0. The molecule has 142 valence electrons. The van der Waals surface area contributed by atoms with Crippen molar-refractivity contribution in [1.82, 2.24) is 9.97 Å². The lowest BCUT2D eigenvalue weighted by Crippen LogP contribution is -2.11. The van der Waals surface area contributed by atoms with Gasteiger partial charge in [-0.2, -0.15) is 0 Å². The fraction of sp³-hybridized carbons (Fsp3) is 0.154. The Kier molecular flexibility index (Phi) is 3.99. The summed E-state index contributed by atoms with van der Waals surface area (Å²) in [6.45, 7) is 6.63. The molecule has 3 nitrogen and oxygen atoms in total. The van der Waals surface area contributed by atoms with Crippen molar-refractivity contribution in [1.29, 1.82) is 0 Å². The van der Waals surface area contributed by atoms with Crippen molar-refractivity contribution in [2.45, 2.75) is 26.2 Å². The highest BCUT2D eigenvalue weighted by Gasteiger charge is 2.18. The fourth-order valence-corrected chi connectivity index (χ4v) is 3.69. The number of hydrogen-bond acceptors (Lipinski definition) is 3. The molecule has 29 heavy (non-hydrogen) atoms. The first-order chi connectivity index (χ1) is 14.0. The van der Waals surface area contributed by atoms with Gasteiger partial charge >= 0.3 is 0 Å². The van der Waals surface area contributed by atoms with E-state index < -0.39 is 0 Å². The maximum absolute atomic E-state index is 6.27. The van der Waals surface area contributed by atoms with E-state index in [1.54, 1.807) is 0 Å². The SMILES string of the molecule is CC(C)(C)c1ccnc(-c2cccc3c2oc2nc(-c4ccccc4)ccc23)c1. The third-order valence-corrected chi connectivity index (χ3v) is 5.34. The standard InChI is InChI=1S/C26H22N2O/c1-26(2,3)18-14-15-27-23(16-18)21-11-7-10-19-20-12-13-22(17-8-5-4-6-9-17)28-25(20)29-24(19)21/h4-16H,1-3H3. The smallest absolute Gasteiger partial charge is 0.227 e. The van der Waals surface area contributed by atoms with Crippen LogP contribution < -0.4 is 0 Å². The van der Waals surface area contributed by atoms with Gasteiger partial charge in [-0.25, -0.2) is 4.98 Å². The molecule has 3 heterocycles. The molecule has 0 amide bonds. The van der Waals surface area contributed by atoms with Gasteiger partial charge in [0.1, 0.15) is 5.58 Å². The lowest BCUT2D eigenvalue weighted by atomic mass is 9.87. The quantitative estimate of drug-likeness (QED) is 0.332. The molecule has 0 radical (unpaired) electrons. The molecule has 0 saturated heterocycles. The van der Waals surface area contributed by atoms with E-state index in [1.165, 1.54) is 5.56 Å². The van der Waals surface area contributed by atoms with Crippen molar-refractivity contribution >= 4 is 22.1 Å². The summed E-state index contributed by atoms with van der Waals surface area (Å²) in [6, 6.07) is 24.8. The van der Waals surface area contributed by atoms with Crippen LogP contribution in [0.25, 0.3) is 44.6 Å². The van der Waals surface area contributed by atoms with Crippen molar-refractivity contribution in [2.75, 3.05) is 0 Å². The highest BCUT2D eigenvalue weighted by molar-refractivity contribution is 6.08. The number of benzene rings is 2. The average molecular weight is 378 g/mol. The zero-order chi connectivity index (χ0) is 20.0. The molecule has 0 atom stereocenters. The monoisotopic (exact) mass is 378 g/mol. The summed E-state index contributed by atoms with van der Waals surface area (Å²) < 4.78 is 6.27. The van der Waals surface area contributed by atoms with E-state index in [-0.39, 0.29) is 5.41 Å². The summed E-state index contributed by atoms with van der Waals surface area (Å²) in [5.74, 6) is 0. The van der Waals surface area contributed by atoms with Gasteiger partial charge in [0.15, 0.2) is 0 Å². The molecule has 5 rings (SSSR count). The van der Waals surface area contributed by atoms with Gasteiger partial charge in [0, 0.05) is 28.1 Å². The molecule has 3 heteroatoms. The fourth-order valence-electron chi connectivity index (χ4n) is 3.69. The van der Waals surface area contributed by atoms with Crippen LogP contribution in [0.1, 0.15) is 26.3 Å². The molecule has 3 aromatic heterocycles. The molecule has 0 aliphatic heterocycles. The van der Waals surface area contributed by atoms with E-state index in [0.29, 0.717) is 5.71 Å². The minimum atomic E-state index is 0.0611. The van der Waals surface area contributed by atoms with Crippen LogP contribution in [-0.4, -0.2) is 9.97 Å². The van der Waals surface area contributed by atoms with Crippen LogP contribution in [0.15, 0.2) is 83.4 Å². The third kappa shape index (κ3) is 3.09. The number of para-hydroxylation sites is 1. The molecule has 0 spiro atoms. The maximum atomic E-state index is 6.27. The highest BCUT2D eigenvalue weighted by Crippen LogP contribution is 2.36. The summed E-state index contributed by atoms with van der Waals surface area (Å²) in [5, 5.41) is 2.08. The second kappa shape index (κ2) is 6.56. The average Bonchev–Trinajstić information content (AvgIpc) is 3.12. The third-order valence-electron chi connectivity index (χ3n) is 5.34. The van der Waals surface area contributed by atoms with Crippen LogP contribution in [0.5, 0.6) is 0 Å². The molecule has 0 unspecified atom stereocenters. The van der Waals surface area contributed by atoms with E-state index in [1.807, 2.05) is 24.4 Å². The number of furan rings is 1. The van der Waals surface area contributed by atoms with Crippen LogP contribution in [0.3, 0.4) is 0 Å². The largest absolute Gasteiger partial charge is 0.437 e. The summed E-state index contributed by atoms with van der Waals surface area (Å²) in [6.07, 6.45) is 1.88. The van der Waals surface area contributed by atoms with E-state index in [2.05, 4.69) is 80.4 Å². The van der Waals surface area contributed by atoms with Gasteiger partial charge in [-0.05, 0) is 41.3 Å². The molecule has 0 aliphatic carbocycles. The molecule has 2 aromatic carbocycles. The van der Waals surface area contributed by atoms with E-state index in [0.717, 1.165) is 38.9 Å². The number of aromatic nitrogens is 2. The molecule has 5 aromatic rings. The van der Waals surface area contributed by atoms with Gasteiger partial charge in [-0.15, -0.1) is 0 Å². The Morgan fingerprint density at radius 2 is 1.59 bits per heavy atom. The number of rotatable bonds is 2. The van der Waals surface area contributed by atoms with Crippen LogP contribution in [0.4, 0.5) is 0 Å². The highest BCUT2D eigenvalue weighted by atomic mass is 16.3. The van der Waals surface area contributed by atoms with Crippen LogP contribution >= 0.6 is 0 Å². The Morgan fingerprint density at radius 1 is 0.759 bits per heavy atom. The molecule has 0 N–H and O–H groups in total. The van der Waals surface area contributed by atoms with Gasteiger partial charge in [0.25, 0.3) is 0 Å². The zero-order valence-corrected chi connectivity index (χ0v) is 16.8. The van der Waals surface area contributed by atoms with Gasteiger partial charge in [-0.3, -0.25) is 4.98 Å². The van der Waals surface area contributed by atoms with Crippen molar-refractivity contribution in [3.05, 3.63) is 84.6 Å².